The number of ether oxygens (including phenoxy) is 1. The van der Waals surface area contributed by atoms with Crippen LogP contribution in [0.4, 0.5) is 0 Å². The maximum atomic E-state index is 11.5. The van der Waals surface area contributed by atoms with Gasteiger partial charge in [0, 0.05) is 0 Å². The van der Waals surface area contributed by atoms with E-state index in [4.69, 9.17) is 15.7 Å². The highest BCUT2D eigenvalue weighted by molar-refractivity contribution is 5.80. The molecule has 0 aromatic heterocycles. The average molecular weight is 263 g/mol. The number of carbonyl (C=O) groups is 2. The first-order valence-corrected chi connectivity index (χ1v) is 5.39. The number of primary amides is 1. The van der Waals surface area contributed by atoms with E-state index in [0.717, 1.165) is 0 Å². The van der Waals surface area contributed by atoms with Crippen molar-refractivity contribution in [3.8, 4) is 11.8 Å². The fourth-order valence-electron chi connectivity index (χ4n) is 1.13. The van der Waals surface area contributed by atoms with Crippen molar-refractivity contribution in [2.75, 3.05) is 6.61 Å². The molecule has 19 heavy (non-hydrogen) atoms. The van der Waals surface area contributed by atoms with Gasteiger partial charge in [0.15, 0.2) is 12.7 Å². The molecule has 0 aliphatic heterocycles. The van der Waals surface area contributed by atoms with Gasteiger partial charge in [-0.2, -0.15) is 5.26 Å². The summed E-state index contributed by atoms with van der Waals surface area (Å²) in [5.74, 6) is -0.803. The van der Waals surface area contributed by atoms with Gasteiger partial charge in [0.25, 0.3) is 5.91 Å². The van der Waals surface area contributed by atoms with E-state index in [1.165, 1.54) is 6.92 Å². The molecule has 3 N–H and O–H groups in total. The summed E-state index contributed by atoms with van der Waals surface area (Å²) >= 11 is 0. The van der Waals surface area contributed by atoms with Gasteiger partial charge >= 0.3 is 0 Å². The molecule has 1 unspecified atom stereocenters. The van der Waals surface area contributed by atoms with Crippen LogP contribution in [0.5, 0.6) is 5.75 Å². The second-order valence-corrected chi connectivity index (χ2v) is 3.62. The molecule has 0 aliphatic carbocycles. The number of nitriles is 1. The molecule has 0 heterocycles. The predicted molar refractivity (Wildman–Crippen MR) is 64.5 cm³/mol. The third-order valence-electron chi connectivity index (χ3n) is 2.05. The summed E-state index contributed by atoms with van der Waals surface area (Å²) in [4.78, 5) is 26.4. The van der Waals surface area contributed by atoms with Gasteiger partial charge in [-0.05, 0) is 31.2 Å². The van der Waals surface area contributed by atoms with Crippen LogP contribution >= 0.6 is 0 Å². The molecule has 0 radical (unpaired) electrons. The van der Waals surface area contributed by atoms with E-state index in [0.29, 0.717) is 11.3 Å². The fourth-order valence-corrected chi connectivity index (χ4v) is 1.13. The van der Waals surface area contributed by atoms with Crippen LogP contribution in [0.25, 0.3) is 0 Å². The van der Waals surface area contributed by atoms with E-state index in [9.17, 15) is 9.59 Å². The molecule has 0 saturated carbocycles. The molecule has 0 bridgehead atoms. The largest absolute Gasteiger partial charge is 0.481 e. The Morgan fingerprint density at radius 2 is 2.05 bits per heavy atom. The number of rotatable bonds is 6. The monoisotopic (exact) mass is 263 g/mol. The number of hydrogen-bond acceptors (Lipinski definition) is 5. The van der Waals surface area contributed by atoms with Gasteiger partial charge in [0.1, 0.15) is 5.75 Å². The molecule has 0 saturated heterocycles. The molecule has 7 heteroatoms. The minimum Gasteiger partial charge on any atom is -0.481 e. The molecule has 100 valence electrons. The third kappa shape index (κ3) is 5.06. The SMILES string of the molecule is CC(Oc1ccc(C#N)cc1)C(=O)NOCC(N)=O. The molecule has 2 amide bonds. The van der Waals surface area contributed by atoms with Crippen molar-refractivity contribution in [2.45, 2.75) is 13.0 Å². The van der Waals surface area contributed by atoms with E-state index in [1.54, 1.807) is 24.3 Å². The average Bonchev–Trinajstić information content (AvgIpc) is 2.39. The summed E-state index contributed by atoms with van der Waals surface area (Å²) in [6, 6.07) is 8.27. The number of hydroxylamine groups is 1. The van der Waals surface area contributed by atoms with Crippen molar-refractivity contribution >= 4 is 11.8 Å². The lowest BCUT2D eigenvalue weighted by atomic mass is 10.2. The van der Waals surface area contributed by atoms with Crippen LogP contribution in [0.3, 0.4) is 0 Å². The zero-order chi connectivity index (χ0) is 14.3. The maximum Gasteiger partial charge on any atom is 0.284 e. The summed E-state index contributed by atoms with van der Waals surface area (Å²) in [5.41, 5.74) is 7.37. The molecule has 1 aromatic carbocycles. The number of nitrogens with two attached hydrogens (primary N) is 1. The first kappa shape index (κ1) is 14.5. The highest BCUT2D eigenvalue weighted by Gasteiger charge is 2.14. The highest BCUT2D eigenvalue weighted by Crippen LogP contribution is 2.13. The zero-order valence-corrected chi connectivity index (χ0v) is 10.3. The number of nitrogens with one attached hydrogen (secondary N) is 1. The molecule has 0 spiro atoms. The summed E-state index contributed by atoms with van der Waals surface area (Å²) in [7, 11) is 0. The lowest BCUT2D eigenvalue weighted by Crippen LogP contribution is -2.38. The highest BCUT2D eigenvalue weighted by atomic mass is 16.7. The molecular weight excluding hydrogens is 250 g/mol. The normalized spacial score (nSPS) is 11.2. The van der Waals surface area contributed by atoms with Gasteiger partial charge in [0.05, 0.1) is 11.6 Å². The van der Waals surface area contributed by atoms with Gasteiger partial charge < -0.3 is 10.5 Å². The van der Waals surface area contributed by atoms with Gasteiger partial charge in [-0.3, -0.25) is 14.4 Å². The van der Waals surface area contributed by atoms with Crippen molar-refractivity contribution in [2.24, 2.45) is 5.73 Å². The predicted octanol–water partition coefficient (Wildman–Crippen LogP) is -0.141. The summed E-state index contributed by atoms with van der Waals surface area (Å²) in [6.45, 7) is 1.11. The van der Waals surface area contributed by atoms with E-state index in [2.05, 4.69) is 4.84 Å². The maximum absolute atomic E-state index is 11.5. The quantitative estimate of drug-likeness (QED) is 0.693. The van der Waals surface area contributed by atoms with E-state index >= 15 is 0 Å². The summed E-state index contributed by atoms with van der Waals surface area (Å²) in [6.07, 6.45) is -0.819. The smallest absolute Gasteiger partial charge is 0.284 e. The lowest BCUT2D eigenvalue weighted by Gasteiger charge is -2.14. The van der Waals surface area contributed by atoms with Crippen LogP contribution in [0.1, 0.15) is 12.5 Å². The lowest BCUT2D eigenvalue weighted by molar-refractivity contribution is -0.143. The molecule has 1 aromatic rings. The fraction of sp³-hybridized carbons (Fsp3) is 0.250. The second kappa shape index (κ2) is 6.98. The minimum atomic E-state index is -0.819. The number of nitrogens with zero attached hydrogens (tertiary/aromatic N) is 1. The second-order valence-electron chi connectivity index (χ2n) is 3.62. The van der Waals surface area contributed by atoms with Gasteiger partial charge in [-0.25, -0.2) is 5.48 Å². The Morgan fingerprint density at radius 1 is 1.42 bits per heavy atom. The topological polar surface area (TPSA) is 114 Å². The van der Waals surface area contributed by atoms with Gasteiger partial charge in [-0.15, -0.1) is 0 Å². The molecule has 7 nitrogen and oxygen atoms in total. The Morgan fingerprint density at radius 3 is 2.58 bits per heavy atom. The van der Waals surface area contributed by atoms with Crippen molar-refractivity contribution < 1.29 is 19.2 Å². The number of benzene rings is 1. The number of amides is 2. The summed E-state index contributed by atoms with van der Waals surface area (Å²) < 4.78 is 5.32. The van der Waals surface area contributed by atoms with E-state index in [1.807, 2.05) is 11.5 Å². The van der Waals surface area contributed by atoms with Crippen LogP contribution in [0, 0.1) is 11.3 Å². The van der Waals surface area contributed by atoms with Gasteiger partial charge in [0.2, 0.25) is 5.91 Å². The Kier molecular flexibility index (Phi) is 5.32. The van der Waals surface area contributed by atoms with Crippen molar-refractivity contribution in [3.05, 3.63) is 29.8 Å². The Labute approximate surface area is 109 Å². The van der Waals surface area contributed by atoms with Crippen LogP contribution in [0.15, 0.2) is 24.3 Å². The van der Waals surface area contributed by atoms with Crippen LogP contribution in [-0.4, -0.2) is 24.5 Å². The molecule has 1 rings (SSSR count). The standard InChI is InChI=1S/C12H13N3O4/c1-8(12(17)15-18-7-11(14)16)19-10-4-2-9(6-13)3-5-10/h2-5,8H,7H2,1H3,(H2,14,16)(H,15,17). The molecule has 0 fully saturated rings. The third-order valence-corrected chi connectivity index (χ3v) is 2.05. The van der Waals surface area contributed by atoms with Crippen LogP contribution in [-0.2, 0) is 14.4 Å². The first-order valence-electron chi connectivity index (χ1n) is 5.39. The Bertz CT molecular complexity index is 493. The van der Waals surface area contributed by atoms with Crippen molar-refractivity contribution in [3.63, 3.8) is 0 Å². The first-order chi connectivity index (χ1) is 9.02. The summed E-state index contributed by atoms with van der Waals surface area (Å²) in [5, 5.41) is 8.63. The van der Waals surface area contributed by atoms with E-state index < -0.39 is 24.5 Å². The molecular formula is C12H13N3O4. The number of hydrogen-bond donors (Lipinski definition) is 2. The Hall–Kier alpha value is -2.59. The van der Waals surface area contributed by atoms with Gasteiger partial charge in [-0.1, -0.05) is 0 Å². The van der Waals surface area contributed by atoms with Crippen molar-refractivity contribution in [1.29, 1.82) is 5.26 Å². The van der Waals surface area contributed by atoms with E-state index in [-0.39, 0.29) is 0 Å². The number of carbonyl (C=O) groups excluding carboxylic acids is 2. The minimum absolute atomic E-state index is 0.407. The van der Waals surface area contributed by atoms with Crippen molar-refractivity contribution in [1.82, 2.24) is 5.48 Å². The molecule has 1 atom stereocenters. The molecule has 0 aliphatic rings. The Balaban J connectivity index is 2.44. The van der Waals surface area contributed by atoms with Crippen LogP contribution < -0.4 is 16.0 Å². The van der Waals surface area contributed by atoms with Crippen LogP contribution in [0.2, 0.25) is 0 Å². The zero-order valence-electron chi connectivity index (χ0n) is 10.3.